The van der Waals surface area contributed by atoms with Crippen molar-refractivity contribution < 1.29 is 19.8 Å². The number of nitrogens with one attached hydrogen (secondary N) is 1. The quantitative estimate of drug-likeness (QED) is 0.466. The number of aliphatic hydroxyl groups excluding tert-OH is 2. The molecule has 6 heteroatoms. The maximum absolute atomic E-state index is 11.2. The van der Waals surface area contributed by atoms with Crippen LogP contribution in [0.25, 0.3) is 0 Å². The van der Waals surface area contributed by atoms with Gasteiger partial charge in [-0.2, -0.15) is 0 Å². The number of Topliss-reactive ketones (excluding diaryl/α,β-unsaturated/α-hetero) is 1. The van der Waals surface area contributed by atoms with Crippen molar-refractivity contribution >= 4 is 11.7 Å². The first-order chi connectivity index (χ1) is 9.12. The Hall–Kier alpha value is -1.76. The second-order valence-electron chi connectivity index (χ2n) is 4.05. The third-order valence-corrected chi connectivity index (χ3v) is 2.75. The van der Waals surface area contributed by atoms with E-state index in [1.54, 1.807) is 12.1 Å². The molecule has 5 N–H and O–H groups in total. The Labute approximate surface area is 111 Å². The highest BCUT2D eigenvalue weighted by molar-refractivity contribution is 6.36. The Morgan fingerprint density at radius 1 is 1.16 bits per heavy atom. The maximum Gasteiger partial charge on any atom is 0.288 e. The minimum atomic E-state index is -0.683. The van der Waals surface area contributed by atoms with Crippen LogP contribution in [0.4, 0.5) is 0 Å². The first kappa shape index (κ1) is 15.3. The van der Waals surface area contributed by atoms with Crippen LogP contribution in [0.3, 0.4) is 0 Å². The van der Waals surface area contributed by atoms with Gasteiger partial charge in [0.1, 0.15) is 0 Å². The van der Waals surface area contributed by atoms with E-state index in [0.29, 0.717) is 24.1 Å². The second kappa shape index (κ2) is 7.63. The lowest BCUT2D eigenvalue weighted by Gasteiger charge is -2.08. The van der Waals surface area contributed by atoms with Crippen LogP contribution in [0.2, 0.25) is 0 Å². The molecular weight excluding hydrogens is 248 g/mol. The highest BCUT2D eigenvalue weighted by Crippen LogP contribution is 2.12. The van der Waals surface area contributed by atoms with Gasteiger partial charge in [-0.05, 0) is 23.1 Å². The maximum atomic E-state index is 11.2. The molecule has 104 valence electrons. The number of nitrogens with two attached hydrogens (primary N) is 1. The summed E-state index contributed by atoms with van der Waals surface area (Å²) in [4.78, 5) is 22.1. The fourth-order valence-corrected chi connectivity index (χ4v) is 1.65. The zero-order chi connectivity index (χ0) is 14.3. The number of hydrogen-bond donors (Lipinski definition) is 4. The number of ketones is 1. The van der Waals surface area contributed by atoms with Gasteiger partial charge >= 0.3 is 0 Å². The first-order valence-corrected chi connectivity index (χ1v) is 5.95. The van der Waals surface area contributed by atoms with Crippen molar-refractivity contribution in [2.45, 2.75) is 19.6 Å². The van der Waals surface area contributed by atoms with Crippen molar-refractivity contribution in [3.05, 3.63) is 34.9 Å². The lowest BCUT2D eigenvalue weighted by molar-refractivity contribution is -0.137. The Kier molecular flexibility index (Phi) is 6.14. The Balaban J connectivity index is 2.54. The highest BCUT2D eigenvalue weighted by Gasteiger charge is 2.10. The normalized spacial score (nSPS) is 10.3. The fraction of sp³-hybridized carbons (Fsp3) is 0.385. The third kappa shape index (κ3) is 4.44. The van der Waals surface area contributed by atoms with Gasteiger partial charge in [0.15, 0.2) is 0 Å². The number of benzene rings is 1. The summed E-state index contributed by atoms with van der Waals surface area (Å²) in [6.45, 7) is -0.265. The Bertz CT molecular complexity index is 460. The molecule has 0 aliphatic carbocycles. The highest BCUT2D eigenvalue weighted by atomic mass is 16.3. The van der Waals surface area contributed by atoms with Crippen LogP contribution in [0.1, 0.15) is 16.7 Å². The Morgan fingerprint density at radius 2 is 1.84 bits per heavy atom. The van der Waals surface area contributed by atoms with Gasteiger partial charge in [0.05, 0.1) is 19.8 Å². The van der Waals surface area contributed by atoms with E-state index in [1.807, 2.05) is 6.07 Å². The van der Waals surface area contributed by atoms with E-state index >= 15 is 0 Å². The summed E-state index contributed by atoms with van der Waals surface area (Å²) in [6, 6.07) is 5.30. The molecule has 0 bridgehead atoms. The van der Waals surface area contributed by atoms with Gasteiger partial charge in [0.2, 0.25) is 5.78 Å². The number of hydrogen-bond acceptors (Lipinski definition) is 5. The predicted octanol–water partition coefficient (Wildman–Crippen LogP) is -1.14. The van der Waals surface area contributed by atoms with E-state index in [1.165, 1.54) is 0 Å². The van der Waals surface area contributed by atoms with Crippen molar-refractivity contribution in [2.24, 2.45) is 5.73 Å². The topological polar surface area (TPSA) is 113 Å². The van der Waals surface area contributed by atoms with Crippen molar-refractivity contribution in [2.75, 3.05) is 13.1 Å². The number of rotatable bonds is 7. The molecule has 0 heterocycles. The number of carbonyl (C=O) groups excluding carboxylic acids is 2. The average Bonchev–Trinajstić information content (AvgIpc) is 2.45. The van der Waals surface area contributed by atoms with Crippen molar-refractivity contribution in [3.8, 4) is 0 Å². The molecule has 0 fully saturated rings. The fourth-order valence-electron chi connectivity index (χ4n) is 1.65. The summed E-state index contributed by atoms with van der Waals surface area (Å²) in [5, 5.41) is 20.7. The van der Waals surface area contributed by atoms with Crippen LogP contribution in [0.5, 0.6) is 0 Å². The van der Waals surface area contributed by atoms with Crippen LogP contribution in [0, 0.1) is 0 Å². The van der Waals surface area contributed by atoms with Gasteiger partial charge in [-0.15, -0.1) is 0 Å². The monoisotopic (exact) mass is 266 g/mol. The number of aliphatic hydroxyl groups is 2. The molecule has 0 aromatic heterocycles. The van der Waals surface area contributed by atoms with Crippen molar-refractivity contribution in [1.29, 1.82) is 0 Å². The molecule has 0 saturated carbocycles. The molecule has 0 saturated heterocycles. The van der Waals surface area contributed by atoms with Gasteiger partial charge in [-0.1, -0.05) is 18.2 Å². The minimum absolute atomic E-state index is 0.127. The summed E-state index contributed by atoms with van der Waals surface area (Å²) in [7, 11) is 0. The lowest BCUT2D eigenvalue weighted by Crippen LogP contribution is -2.36. The number of amides is 1. The molecule has 19 heavy (non-hydrogen) atoms. The van der Waals surface area contributed by atoms with E-state index in [-0.39, 0.29) is 19.8 Å². The van der Waals surface area contributed by atoms with Gasteiger partial charge in [0, 0.05) is 6.54 Å². The molecule has 0 spiro atoms. The molecule has 1 aromatic rings. The molecular formula is C13H18N2O4. The minimum Gasteiger partial charge on any atom is -0.392 e. The molecule has 0 radical (unpaired) electrons. The van der Waals surface area contributed by atoms with E-state index in [2.05, 4.69) is 5.32 Å². The molecule has 1 aromatic carbocycles. The van der Waals surface area contributed by atoms with Gasteiger partial charge in [-0.3, -0.25) is 9.59 Å². The summed E-state index contributed by atoms with van der Waals surface area (Å²) >= 11 is 0. The van der Waals surface area contributed by atoms with Crippen LogP contribution in [0.15, 0.2) is 18.2 Å². The molecule has 0 unspecified atom stereocenters. The van der Waals surface area contributed by atoms with E-state index < -0.39 is 11.7 Å². The summed E-state index contributed by atoms with van der Waals surface area (Å²) in [5.41, 5.74) is 7.30. The van der Waals surface area contributed by atoms with Gasteiger partial charge in [0.25, 0.3) is 5.91 Å². The summed E-state index contributed by atoms with van der Waals surface area (Å²) in [6.07, 6.45) is 0.530. The van der Waals surface area contributed by atoms with E-state index in [9.17, 15) is 9.59 Å². The first-order valence-electron chi connectivity index (χ1n) is 5.95. The van der Waals surface area contributed by atoms with Crippen LogP contribution in [-0.4, -0.2) is 35.0 Å². The van der Waals surface area contributed by atoms with Crippen molar-refractivity contribution in [1.82, 2.24) is 5.32 Å². The molecule has 0 aliphatic rings. The lowest BCUT2D eigenvalue weighted by atomic mass is 10.0. The molecule has 0 atom stereocenters. The van der Waals surface area contributed by atoms with Crippen LogP contribution in [-0.2, 0) is 29.2 Å². The predicted molar refractivity (Wildman–Crippen MR) is 69.1 cm³/mol. The largest absolute Gasteiger partial charge is 0.392 e. The average molecular weight is 266 g/mol. The zero-order valence-corrected chi connectivity index (χ0v) is 10.6. The molecule has 0 aliphatic heterocycles. The van der Waals surface area contributed by atoms with Gasteiger partial charge < -0.3 is 21.3 Å². The van der Waals surface area contributed by atoms with E-state index in [0.717, 1.165) is 5.56 Å². The smallest absolute Gasteiger partial charge is 0.288 e. The van der Waals surface area contributed by atoms with Gasteiger partial charge in [-0.25, -0.2) is 0 Å². The van der Waals surface area contributed by atoms with Crippen LogP contribution < -0.4 is 11.1 Å². The summed E-state index contributed by atoms with van der Waals surface area (Å²) in [5.74, 6) is -1.33. The molecule has 1 rings (SSSR count). The van der Waals surface area contributed by atoms with Crippen LogP contribution >= 0.6 is 0 Å². The Morgan fingerprint density at radius 3 is 2.42 bits per heavy atom. The third-order valence-electron chi connectivity index (χ3n) is 2.75. The SMILES string of the molecule is NCC(=O)C(=O)NCCc1ccc(CO)c(CO)c1. The van der Waals surface area contributed by atoms with Crippen molar-refractivity contribution in [3.63, 3.8) is 0 Å². The van der Waals surface area contributed by atoms with E-state index in [4.69, 9.17) is 15.9 Å². The zero-order valence-electron chi connectivity index (χ0n) is 10.6. The molecule has 1 amide bonds. The summed E-state index contributed by atoms with van der Waals surface area (Å²) < 4.78 is 0. The number of carbonyl (C=O) groups is 2. The molecule has 6 nitrogen and oxygen atoms in total. The standard InChI is InChI=1S/C13H18N2O4/c14-6-12(18)13(19)15-4-3-9-1-2-10(7-16)11(5-9)8-17/h1-2,5,16-17H,3-4,6-8,14H2,(H,15,19). The second-order valence-corrected chi connectivity index (χ2v) is 4.05.